The normalized spacial score (nSPS) is 10.6. The number of aryl methyl sites for hydroxylation is 2. The van der Waals surface area contributed by atoms with Crippen LogP contribution in [0.5, 0.6) is 0 Å². The van der Waals surface area contributed by atoms with Gasteiger partial charge in [0.25, 0.3) is 0 Å². The minimum atomic E-state index is -1.12. The van der Waals surface area contributed by atoms with E-state index in [0.717, 1.165) is 17.0 Å². The van der Waals surface area contributed by atoms with Gasteiger partial charge in [-0.15, -0.1) is 0 Å². The maximum atomic E-state index is 11.8. The van der Waals surface area contributed by atoms with E-state index in [9.17, 15) is 9.59 Å². The minimum absolute atomic E-state index is 0.0222. The highest BCUT2D eigenvalue weighted by atomic mass is 16.4. The number of hydrogen-bond acceptors (Lipinski definition) is 4. The zero-order valence-corrected chi connectivity index (χ0v) is 12.1. The van der Waals surface area contributed by atoms with Crippen molar-refractivity contribution in [1.29, 1.82) is 0 Å². The van der Waals surface area contributed by atoms with Crippen molar-refractivity contribution < 1.29 is 14.7 Å². The number of amides is 1. The molecule has 0 radical (unpaired) electrons. The van der Waals surface area contributed by atoms with E-state index in [1.807, 2.05) is 20.9 Å². The van der Waals surface area contributed by atoms with Crippen LogP contribution >= 0.6 is 0 Å². The number of hydrogen-bond donors (Lipinski definition) is 2. The molecule has 2 aromatic rings. The molecule has 0 aliphatic heterocycles. The molecule has 21 heavy (non-hydrogen) atoms. The summed E-state index contributed by atoms with van der Waals surface area (Å²) in [5, 5.41) is 19.6. The molecule has 2 heterocycles. The molecule has 0 spiro atoms. The maximum absolute atomic E-state index is 11.8. The molecule has 1 amide bonds. The van der Waals surface area contributed by atoms with Crippen LogP contribution in [0.4, 0.5) is 0 Å². The molecular weight excluding hydrogens is 274 g/mol. The second kappa shape index (κ2) is 5.78. The van der Waals surface area contributed by atoms with Crippen molar-refractivity contribution in [2.75, 3.05) is 0 Å². The Balaban J connectivity index is 1.94. The number of carboxylic acid groups (broad SMARTS) is 1. The lowest BCUT2D eigenvalue weighted by Gasteiger charge is -2.06. The van der Waals surface area contributed by atoms with E-state index in [0.29, 0.717) is 6.54 Å². The summed E-state index contributed by atoms with van der Waals surface area (Å²) < 4.78 is 3.06. The Morgan fingerprint density at radius 3 is 2.57 bits per heavy atom. The molecule has 0 fully saturated rings. The second-order valence-electron chi connectivity index (χ2n) is 4.75. The third kappa shape index (κ3) is 3.28. The van der Waals surface area contributed by atoms with Gasteiger partial charge in [0.05, 0.1) is 5.69 Å². The van der Waals surface area contributed by atoms with Gasteiger partial charge in [-0.2, -0.15) is 10.2 Å². The van der Waals surface area contributed by atoms with E-state index >= 15 is 0 Å². The SMILES string of the molecule is Cc1nn(C)c(C)c1CNC(=O)Cn1ccc(C(=O)O)n1. The summed E-state index contributed by atoms with van der Waals surface area (Å²) in [5.74, 6) is -1.35. The summed E-state index contributed by atoms with van der Waals surface area (Å²) in [6, 6.07) is 1.35. The highest BCUT2D eigenvalue weighted by molar-refractivity contribution is 5.85. The minimum Gasteiger partial charge on any atom is -0.476 e. The van der Waals surface area contributed by atoms with Crippen LogP contribution in [-0.2, 0) is 24.9 Å². The lowest BCUT2D eigenvalue weighted by molar-refractivity contribution is -0.122. The van der Waals surface area contributed by atoms with Gasteiger partial charge in [0.2, 0.25) is 5.91 Å². The summed E-state index contributed by atoms with van der Waals surface area (Å²) in [6.07, 6.45) is 1.46. The van der Waals surface area contributed by atoms with Crippen molar-refractivity contribution in [3.05, 3.63) is 34.9 Å². The molecule has 8 nitrogen and oxygen atoms in total. The second-order valence-corrected chi connectivity index (χ2v) is 4.75. The molecule has 0 unspecified atom stereocenters. The van der Waals surface area contributed by atoms with Gasteiger partial charge < -0.3 is 10.4 Å². The van der Waals surface area contributed by atoms with Crippen molar-refractivity contribution in [1.82, 2.24) is 24.9 Å². The van der Waals surface area contributed by atoms with Crippen molar-refractivity contribution in [3.63, 3.8) is 0 Å². The predicted octanol–water partition coefficient (Wildman–Crippen LogP) is 0.248. The number of aromatic carboxylic acids is 1. The smallest absolute Gasteiger partial charge is 0.356 e. The fraction of sp³-hybridized carbons (Fsp3) is 0.385. The molecular formula is C13H17N5O3. The monoisotopic (exact) mass is 291 g/mol. The maximum Gasteiger partial charge on any atom is 0.356 e. The third-order valence-corrected chi connectivity index (χ3v) is 3.29. The largest absolute Gasteiger partial charge is 0.476 e. The zero-order chi connectivity index (χ0) is 15.6. The molecule has 0 aliphatic rings. The summed E-state index contributed by atoms with van der Waals surface area (Å²) >= 11 is 0. The molecule has 2 aromatic heterocycles. The fourth-order valence-electron chi connectivity index (χ4n) is 2.03. The van der Waals surface area contributed by atoms with Crippen LogP contribution in [0.3, 0.4) is 0 Å². The van der Waals surface area contributed by atoms with Gasteiger partial charge in [-0.1, -0.05) is 0 Å². The number of nitrogens with one attached hydrogen (secondary N) is 1. The topological polar surface area (TPSA) is 102 Å². The van der Waals surface area contributed by atoms with Crippen LogP contribution in [0.15, 0.2) is 12.3 Å². The van der Waals surface area contributed by atoms with Crippen molar-refractivity contribution in [3.8, 4) is 0 Å². The van der Waals surface area contributed by atoms with Crippen LogP contribution in [0.1, 0.15) is 27.4 Å². The molecule has 0 aliphatic carbocycles. The zero-order valence-electron chi connectivity index (χ0n) is 12.1. The Morgan fingerprint density at radius 1 is 1.33 bits per heavy atom. The Labute approximate surface area is 121 Å². The molecule has 0 saturated carbocycles. The number of carbonyl (C=O) groups excluding carboxylic acids is 1. The summed E-state index contributed by atoms with van der Waals surface area (Å²) in [5.41, 5.74) is 2.78. The Bertz CT molecular complexity index is 686. The molecule has 8 heteroatoms. The fourth-order valence-corrected chi connectivity index (χ4v) is 2.03. The van der Waals surface area contributed by atoms with Gasteiger partial charge >= 0.3 is 5.97 Å². The van der Waals surface area contributed by atoms with E-state index in [-0.39, 0.29) is 18.1 Å². The molecule has 2 N–H and O–H groups in total. The van der Waals surface area contributed by atoms with E-state index in [4.69, 9.17) is 5.11 Å². The van der Waals surface area contributed by atoms with Gasteiger partial charge in [0.1, 0.15) is 6.54 Å². The first-order chi connectivity index (χ1) is 9.88. The van der Waals surface area contributed by atoms with Gasteiger partial charge in [-0.25, -0.2) is 4.79 Å². The van der Waals surface area contributed by atoms with Gasteiger partial charge in [-0.05, 0) is 19.9 Å². The van der Waals surface area contributed by atoms with Crippen molar-refractivity contribution >= 4 is 11.9 Å². The predicted molar refractivity (Wildman–Crippen MR) is 73.7 cm³/mol. The average molecular weight is 291 g/mol. The highest BCUT2D eigenvalue weighted by Crippen LogP contribution is 2.11. The average Bonchev–Trinajstić information content (AvgIpc) is 2.95. The van der Waals surface area contributed by atoms with Crippen molar-refractivity contribution in [2.45, 2.75) is 26.9 Å². The van der Waals surface area contributed by atoms with Crippen molar-refractivity contribution in [2.24, 2.45) is 7.05 Å². The van der Waals surface area contributed by atoms with Gasteiger partial charge in [0, 0.05) is 31.0 Å². The summed E-state index contributed by atoms with van der Waals surface area (Å²) in [7, 11) is 1.85. The van der Waals surface area contributed by atoms with Gasteiger partial charge in [0.15, 0.2) is 5.69 Å². The Hall–Kier alpha value is -2.64. The number of carboxylic acids is 1. The molecule has 0 atom stereocenters. The first-order valence-electron chi connectivity index (χ1n) is 6.41. The van der Waals surface area contributed by atoms with E-state index in [1.165, 1.54) is 16.9 Å². The number of rotatable bonds is 5. The third-order valence-electron chi connectivity index (χ3n) is 3.29. The summed E-state index contributed by atoms with van der Waals surface area (Å²) in [4.78, 5) is 22.6. The highest BCUT2D eigenvalue weighted by Gasteiger charge is 2.12. The summed E-state index contributed by atoms with van der Waals surface area (Å²) in [6.45, 7) is 4.19. The standard InChI is InChI=1S/C13H17N5O3/c1-8-10(9(2)17(3)15-8)6-14-12(19)7-18-5-4-11(16-18)13(20)21/h4-5H,6-7H2,1-3H3,(H,14,19)(H,20,21). The first-order valence-corrected chi connectivity index (χ1v) is 6.41. The van der Waals surface area contributed by atoms with E-state index in [2.05, 4.69) is 15.5 Å². The van der Waals surface area contributed by atoms with Crippen LogP contribution in [0.25, 0.3) is 0 Å². The molecule has 112 valence electrons. The van der Waals surface area contributed by atoms with Gasteiger partial charge in [-0.3, -0.25) is 14.2 Å². The Kier molecular flexibility index (Phi) is 4.06. The molecule has 2 rings (SSSR count). The van der Waals surface area contributed by atoms with E-state index < -0.39 is 5.97 Å². The van der Waals surface area contributed by atoms with Crippen LogP contribution in [-0.4, -0.2) is 36.5 Å². The lowest BCUT2D eigenvalue weighted by atomic mass is 10.2. The number of nitrogens with zero attached hydrogens (tertiary/aromatic N) is 4. The van der Waals surface area contributed by atoms with Crippen LogP contribution in [0.2, 0.25) is 0 Å². The number of carbonyl (C=O) groups is 2. The molecule has 0 saturated heterocycles. The Morgan fingerprint density at radius 2 is 2.05 bits per heavy atom. The quantitative estimate of drug-likeness (QED) is 0.822. The molecule has 0 bridgehead atoms. The lowest BCUT2D eigenvalue weighted by Crippen LogP contribution is -2.27. The first kappa shape index (κ1) is 14.8. The van der Waals surface area contributed by atoms with Crippen LogP contribution < -0.4 is 5.32 Å². The molecule has 0 aromatic carbocycles. The van der Waals surface area contributed by atoms with E-state index in [1.54, 1.807) is 4.68 Å². The number of aromatic nitrogens is 4. The van der Waals surface area contributed by atoms with Crippen LogP contribution in [0, 0.1) is 13.8 Å².